The molecule has 0 amide bonds. The highest BCUT2D eigenvalue weighted by Crippen LogP contribution is 2.36. The van der Waals surface area contributed by atoms with E-state index in [1.807, 2.05) is 30.3 Å². The zero-order valence-corrected chi connectivity index (χ0v) is 12.4. The molecule has 1 atom stereocenters. The molecule has 1 N–H and O–H groups in total. The molecule has 3 rings (SSSR count). The second-order valence-corrected chi connectivity index (χ2v) is 5.81. The maximum atomic E-state index is 10.1. The fourth-order valence-electron chi connectivity index (χ4n) is 3.32. The summed E-state index contributed by atoms with van der Waals surface area (Å²) in [5.41, 5.74) is 2.19. The van der Waals surface area contributed by atoms with Crippen LogP contribution in [0, 0.1) is 11.3 Å². The number of aliphatic hydroxyl groups is 1. The summed E-state index contributed by atoms with van der Waals surface area (Å²) >= 11 is 0. The first-order chi connectivity index (χ1) is 10.8. The molecule has 0 saturated carbocycles. The molecule has 1 aliphatic rings. The lowest BCUT2D eigenvalue weighted by Crippen LogP contribution is -2.48. The number of rotatable bonds is 3. The normalized spacial score (nSPS) is 21.4. The molecular weight excluding hydrogens is 274 g/mol. The van der Waals surface area contributed by atoms with Crippen molar-refractivity contribution < 1.29 is 5.11 Å². The summed E-state index contributed by atoms with van der Waals surface area (Å²) in [6.45, 7) is 1.69. The summed E-state index contributed by atoms with van der Waals surface area (Å²) in [4.78, 5) is 6.33. The Balaban J connectivity index is 1.95. The van der Waals surface area contributed by atoms with Crippen LogP contribution in [0.2, 0.25) is 0 Å². The average molecular weight is 293 g/mol. The number of piperidine rings is 1. The third kappa shape index (κ3) is 2.56. The van der Waals surface area contributed by atoms with Crippen molar-refractivity contribution in [3.63, 3.8) is 0 Å². The number of aliphatic hydroxyl groups excluding tert-OH is 1. The van der Waals surface area contributed by atoms with Crippen molar-refractivity contribution in [1.82, 2.24) is 4.98 Å². The van der Waals surface area contributed by atoms with Gasteiger partial charge in [-0.3, -0.25) is 0 Å². The Hall–Kier alpha value is -2.38. The number of hydrogen-bond acceptors (Lipinski definition) is 4. The second-order valence-electron chi connectivity index (χ2n) is 5.81. The maximum Gasteiger partial charge on any atom is 0.163 e. The molecule has 1 fully saturated rings. The van der Waals surface area contributed by atoms with E-state index in [2.05, 4.69) is 28.1 Å². The third-order valence-corrected chi connectivity index (χ3v) is 4.50. The molecule has 2 aromatic rings. The fraction of sp³-hybridized carbons (Fsp3) is 0.333. The minimum absolute atomic E-state index is 0.107. The van der Waals surface area contributed by atoms with E-state index in [9.17, 15) is 10.4 Å². The van der Waals surface area contributed by atoms with Gasteiger partial charge in [-0.05, 0) is 30.5 Å². The van der Waals surface area contributed by atoms with Crippen LogP contribution in [-0.4, -0.2) is 29.8 Å². The SMILES string of the molecule is N#Cc1ncccc1N1CCCC(CO)(c2ccccc2)C1. The zero-order valence-electron chi connectivity index (χ0n) is 12.4. The zero-order chi connectivity index (χ0) is 15.4. The van der Waals surface area contributed by atoms with E-state index >= 15 is 0 Å². The standard InChI is InChI=1S/C18H19N3O/c19-12-16-17(8-4-10-20-16)21-11-5-9-18(13-21,14-22)15-6-2-1-3-7-15/h1-4,6-8,10,22H,5,9,11,13-14H2. The third-order valence-electron chi connectivity index (χ3n) is 4.50. The van der Waals surface area contributed by atoms with Gasteiger partial charge in [-0.2, -0.15) is 5.26 Å². The van der Waals surface area contributed by atoms with Crippen LogP contribution in [0.1, 0.15) is 24.1 Å². The highest BCUT2D eigenvalue weighted by atomic mass is 16.3. The molecule has 1 saturated heterocycles. The van der Waals surface area contributed by atoms with Crippen LogP contribution in [0.5, 0.6) is 0 Å². The van der Waals surface area contributed by atoms with E-state index in [0.29, 0.717) is 12.2 Å². The first-order valence-corrected chi connectivity index (χ1v) is 7.55. The topological polar surface area (TPSA) is 60.2 Å². The average Bonchev–Trinajstić information content (AvgIpc) is 2.62. The van der Waals surface area contributed by atoms with Gasteiger partial charge in [0.1, 0.15) is 6.07 Å². The van der Waals surface area contributed by atoms with Crippen molar-refractivity contribution in [2.75, 3.05) is 24.6 Å². The molecular formula is C18H19N3O. The molecule has 1 aromatic heterocycles. The van der Waals surface area contributed by atoms with Gasteiger partial charge in [0.2, 0.25) is 0 Å². The molecule has 0 bridgehead atoms. The molecule has 4 heteroatoms. The van der Waals surface area contributed by atoms with Gasteiger partial charge in [0.15, 0.2) is 5.69 Å². The van der Waals surface area contributed by atoms with Crippen molar-refractivity contribution in [2.45, 2.75) is 18.3 Å². The number of anilines is 1. The first kappa shape index (κ1) is 14.6. The summed E-state index contributed by atoms with van der Waals surface area (Å²) in [5.74, 6) is 0. The lowest BCUT2D eigenvalue weighted by atomic mass is 9.74. The van der Waals surface area contributed by atoms with E-state index in [4.69, 9.17) is 0 Å². The van der Waals surface area contributed by atoms with Gasteiger partial charge < -0.3 is 10.0 Å². The van der Waals surface area contributed by atoms with Crippen LogP contribution in [-0.2, 0) is 5.41 Å². The van der Waals surface area contributed by atoms with Gasteiger partial charge >= 0.3 is 0 Å². The van der Waals surface area contributed by atoms with Crippen LogP contribution in [0.25, 0.3) is 0 Å². The summed E-state index contributed by atoms with van der Waals surface area (Å²) in [6, 6.07) is 16.1. The van der Waals surface area contributed by atoms with Gasteiger partial charge in [-0.25, -0.2) is 4.98 Å². The summed E-state index contributed by atoms with van der Waals surface area (Å²) < 4.78 is 0. The number of nitriles is 1. The lowest BCUT2D eigenvalue weighted by molar-refractivity contribution is 0.172. The largest absolute Gasteiger partial charge is 0.395 e. The van der Waals surface area contributed by atoms with Crippen LogP contribution in [0.4, 0.5) is 5.69 Å². The number of hydrogen-bond donors (Lipinski definition) is 1. The van der Waals surface area contributed by atoms with Crippen LogP contribution < -0.4 is 4.90 Å². The summed E-state index contributed by atoms with van der Waals surface area (Å²) in [7, 11) is 0. The number of nitrogens with zero attached hydrogens (tertiary/aromatic N) is 3. The van der Waals surface area contributed by atoms with Crippen LogP contribution in [0.3, 0.4) is 0 Å². The predicted molar refractivity (Wildman–Crippen MR) is 85.6 cm³/mol. The Kier molecular flexibility index (Phi) is 4.08. The Bertz CT molecular complexity index is 680. The van der Waals surface area contributed by atoms with Crippen molar-refractivity contribution >= 4 is 5.69 Å². The summed E-state index contributed by atoms with van der Waals surface area (Å²) in [5, 5.41) is 19.3. The molecule has 1 unspecified atom stereocenters. The van der Waals surface area contributed by atoms with E-state index in [1.165, 1.54) is 0 Å². The minimum Gasteiger partial charge on any atom is -0.395 e. The highest BCUT2D eigenvalue weighted by Gasteiger charge is 2.37. The van der Waals surface area contributed by atoms with Crippen LogP contribution >= 0.6 is 0 Å². The highest BCUT2D eigenvalue weighted by molar-refractivity contribution is 5.56. The van der Waals surface area contributed by atoms with Gasteiger partial charge in [0.05, 0.1) is 12.3 Å². The molecule has 112 valence electrons. The quantitative estimate of drug-likeness (QED) is 0.944. The minimum atomic E-state index is -0.276. The van der Waals surface area contributed by atoms with Crippen molar-refractivity contribution in [1.29, 1.82) is 5.26 Å². The predicted octanol–water partition coefficient (Wildman–Crippen LogP) is 2.48. The summed E-state index contributed by atoms with van der Waals surface area (Å²) in [6.07, 6.45) is 3.57. The second kappa shape index (κ2) is 6.17. The Morgan fingerprint density at radius 2 is 2.05 bits per heavy atom. The van der Waals surface area contributed by atoms with E-state index < -0.39 is 0 Å². The molecule has 1 aliphatic heterocycles. The molecule has 2 heterocycles. The van der Waals surface area contributed by atoms with Gasteiger partial charge in [-0.15, -0.1) is 0 Å². The number of pyridine rings is 1. The number of aromatic nitrogens is 1. The monoisotopic (exact) mass is 293 g/mol. The van der Waals surface area contributed by atoms with Crippen molar-refractivity contribution in [2.24, 2.45) is 0 Å². The number of benzene rings is 1. The maximum absolute atomic E-state index is 10.1. The molecule has 4 nitrogen and oxygen atoms in total. The molecule has 0 aliphatic carbocycles. The Labute approximate surface area is 130 Å². The van der Waals surface area contributed by atoms with Crippen LogP contribution in [0.15, 0.2) is 48.7 Å². The van der Waals surface area contributed by atoms with Gasteiger partial charge in [0.25, 0.3) is 0 Å². The Morgan fingerprint density at radius 1 is 1.23 bits per heavy atom. The first-order valence-electron chi connectivity index (χ1n) is 7.55. The molecule has 0 radical (unpaired) electrons. The molecule has 0 spiro atoms. The smallest absolute Gasteiger partial charge is 0.163 e. The van der Waals surface area contributed by atoms with Crippen molar-refractivity contribution in [3.05, 3.63) is 59.9 Å². The molecule has 1 aromatic carbocycles. The molecule has 22 heavy (non-hydrogen) atoms. The van der Waals surface area contributed by atoms with Gasteiger partial charge in [-0.1, -0.05) is 30.3 Å². The lowest BCUT2D eigenvalue weighted by Gasteiger charge is -2.43. The fourth-order valence-corrected chi connectivity index (χ4v) is 3.32. The van der Waals surface area contributed by atoms with Gasteiger partial charge in [0, 0.05) is 24.7 Å². The van der Waals surface area contributed by atoms with E-state index in [0.717, 1.165) is 30.6 Å². The van der Waals surface area contributed by atoms with Crippen molar-refractivity contribution in [3.8, 4) is 6.07 Å². The van der Waals surface area contributed by atoms with E-state index in [-0.39, 0.29) is 12.0 Å². The van der Waals surface area contributed by atoms with E-state index in [1.54, 1.807) is 6.20 Å². The Morgan fingerprint density at radius 3 is 2.77 bits per heavy atom.